The van der Waals surface area contributed by atoms with E-state index in [1.807, 2.05) is 41.6 Å². The Kier molecular flexibility index (Phi) is 9.80. The average molecular weight is 538 g/mol. The van der Waals surface area contributed by atoms with Crippen molar-refractivity contribution in [1.29, 1.82) is 0 Å². The molecule has 0 radical (unpaired) electrons. The second-order valence-corrected chi connectivity index (χ2v) is 8.19. The third-order valence-electron chi connectivity index (χ3n) is 5.49. The number of aliphatic imine (C=N–C) groups is 1. The lowest BCUT2D eigenvalue weighted by molar-refractivity contribution is -0.133. The van der Waals surface area contributed by atoms with Crippen molar-refractivity contribution in [3.63, 3.8) is 0 Å². The van der Waals surface area contributed by atoms with Gasteiger partial charge in [-0.3, -0.25) is 9.79 Å². The standard InChI is InChI=1S/C23H34N6O.HI/c1-17(2)22(30)28-14-12-20(16-28)26-23(24-4)25-13-8-9-19-15-29(27-18(19)3)21-10-6-5-7-11-21;/h5-7,10-11,15,17,20H,8-9,12-14,16H2,1-4H3,(H2,24,25,26);1H. The fourth-order valence-corrected chi connectivity index (χ4v) is 3.77. The molecule has 0 spiro atoms. The van der Waals surface area contributed by atoms with Crippen molar-refractivity contribution in [2.75, 3.05) is 26.7 Å². The summed E-state index contributed by atoms with van der Waals surface area (Å²) >= 11 is 0. The van der Waals surface area contributed by atoms with Crippen molar-refractivity contribution in [2.45, 2.75) is 46.1 Å². The molecule has 1 unspecified atom stereocenters. The van der Waals surface area contributed by atoms with Crippen molar-refractivity contribution >= 4 is 35.8 Å². The molecule has 0 saturated carbocycles. The highest BCUT2D eigenvalue weighted by Crippen LogP contribution is 2.14. The Hall–Kier alpha value is -2.10. The van der Waals surface area contributed by atoms with Crippen LogP contribution in [0, 0.1) is 12.8 Å². The summed E-state index contributed by atoms with van der Waals surface area (Å²) in [5.41, 5.74) is 3.42. The average Bonchev–Trinajstić information content (AvgIpc) is 3.37. The molecule has 2 N–H and O–H groups in total. The van der Waals surface area contributed by atoms with E-state index in [-0.39, 0.29) is 41.8 Å². The normalized spacial score (nSPS) is 16.4. The van der Waals surface area contributed by atoms with E-state index >= 15 is 0 Å². The Labute approximate surface area is 202 Å². The van der Waals surface area contributed by atoms with E-state index in [0.29, 0.717) is 0 Å². The predicted octanol–water partition coefficient (Wildman–Crippen LogP) is 3.15. The summed E-state index contributed by atoms with van der Waals surface area (Å²) in [6.07, 6.45) is 5.03. The molecule has 3 rings (SSSR count). The van der Waals surface area contributed by atoms with E-state index in [9.17, 15) is 4.79 Å². The van der Waals surface area contributed by atoms with Gasteiger partial charge in [0.05, 0.1) is 11.4 Å². The number of para-hydroxylation sites is 1. The summed E-state index contributed by atoms with van der Waals surface area (Å²) in [6, 6.07) is 10.4. The summed E-state index contributed by atoms with van der Waals surface area (Å²) in [7, 11) is 1.79. The van der Waals surface area contributed by atoms with E-state index in [1.54, 1.807) is 7.05 Å². The van der Waals surface area contributed by atoms with Crippen LogP contribution in [0.3, 0.4) is 0 Å². The first-order valence-electron chi connectivity index (χ1n) is 10.8. The summed E-state index contributed by atoms with van der Waals surface area (Å²) < 4.78 is 1.95. The van der Waals surface area contributed by atoms with E-state index < -0.39 is 0 Å². The second kappa shape index (κ2) is 12.1. The van der Waals surface area contributed by atoms with E-state index in [2.05, 4.69) is 46.0 Å². The number of aromatic nitrogens is 2. The molecule has 7 nitrogen and oxygen atoms in total. The van der Waals surface area contributed by atoms with Crippen LogP contribution >= 0.6 is 24.0 Å². The largest absolute Gasteiger partial charge is 0.356 e. The zero-order chi connectivity index (χ0) is 21.5. The summed E-state index contributed by atoms with van der Waals surface area (Å²) in [6.45, 7) is 8.36. The van der Waals surface area contributed by atoms with Crippen LogP contribution < -0.4 is 10.6 Å². The number of rotatable bonds is 7. The zero-order valence-corrected chi connectivity index (χ0v) is 21.3. The van der Waals surface area contributed by atoms with Crippen LogP contribution in [0.1, 0.15) is 37.9 Å². The minimum absolute atomic E-state index is 0. The van der Waals surface area contributed by atoms with Gasteiger partial charge in [-0.25, -0.2) is 4.68 Å². The number of carbonyl (C=O) groups is 1. The molecule has 8 heteroatoms. The number of carbonyl (C=O) groups excluding carboxylic acids is 1. The minimum atomic E-state index is 0. The highest BCUT2D eigenvalue weighted by atomic mass is 127. The number of nitrogens with one attached hydrogen (secondary N) is 2. The number of guanidine groups is 1. The van der Waals surface area contributed by atoms with Crippen LogP contribution in [0.5, 0.6) is 0 Å². The molecule has 31 heavy (non-hydrogen) atoms. The molecule has 0 bridgehead atoms. The van der Waals surface area contributed by atoms with Crippen molar-refractivity contribution < 1.29 is 4.79 Å². The summed E-state index contributed by atoms with van der Waals surface area (Å²) in [5.74, 6) is 1.08. The number of hydrogen-bond acceptors (Lipinski definition) is 3. The molecule has 1 aliphatic rings. The minimum Gasteiger partial charge on any atom is -0.356 e. The van der Waals surface area contributed by atoms with Gasteiger partial charge in [0.15, 0.2) is 5.96 Å². The number of likely N-dealkylation sites (tertiary alicyclic amines) is 1. The highest BCUT2D eigenvalue weighted by molar-refractivity contribution is 14.0. The maximum atomic E-state index is 12.2. The lowest BCUT2D eigenvalue weighted by Crippen LogP contribution is -2.45. The topological polar surface area (TPSA) is 74.6 Å². The Morgan fingerprint density at radius 3 is 2.71 bits per heavy atom. The first-order valence-corrected chi connectivity index (χ1v) is 10.8. The van der Waals surface area contributed by atoms with Crippen LogP contribution in [0.2, 0.25) is 0 Å². The Morgan fingerprint density at radius 2 is 2.03 bits per heavy atom. The first kappa shape index (κ1) is 25.2. The number of hydrogen-bond donors (Lipinski definition) is 2. The molecule has 170 valence electrons. The molecule has 1 aromatic carbocycles. The second-order valence-electron chi connectivity index (χ2n) is 8.19. The molecule has 1 fully saturated rings. The van der Waals surface area contributed by atoms with Crippen molar-refractivity contribution in [3.05, 3.63) is 47.8 Å². The number of nitrogens with zero attached hydrogens (tertiary/aromatic N) is 4. The SMILES string of the molecule is CN=C(NCCCc1cn(-c2ccccc2)nc1C)NC1CCN(C(=O)C(C)C)C1.I. The fraction of sp³-hybridized carbons (Fsp3) is 0.522. The number of aryl methyl sites for hydroxylation is 2. The summed E-state index contributed by atoms with van der Waals surface area (Å²) in [5, 5.41) is 11.5. The van der Waals surface area contributed by atoms with Gasteiger partial charge in [0, 0.05) is 44.8 Å². The van der Waals surface area contributed by atoms with Crippen molar-refractivity contribution in [2.24, 2.45) is 10.9 Å². The molecular weight excluding hydrogens is 503 g/mol. The Morgan fingerprint density at radius 1 is 1.29 bits per heavy atom. The number of amides is 1. The van der Waals surface area contributed by atoms with Gasteiger partial charge in [-0.2, -0.15) is 5.10 Å². The molecular formula is C23H35IN6O. The van der Waals surface area contributed by atoms with Crippen LogP contribution in [0.4, 0.5) is 0 Å². The first-order chi connectivity index (χ1) is 14.5. The third-order valence-corrected chi connectivity index (χ3v) is 5.49. The maximum absolute atomic E-state index is 12.2. The van der Waals surface area contributed by atoms with Gasteiger partial charge in [0.1, 0.15) is 0 Å². The fourth-order valence-electron chi connectivity index (χ4n) is 3.77. The molecule has 1 saturated heterocycles. The molecule has 2 heterocycles. The Bertz CT molecular complexity index is 864. The molecule has 2 aromatic rings. The molecule has 1 atom stereocenters. The van der Waals surface area contributed by atoms with Crippen LogP contribution in [0.25, 0.3) is 5.69 Å². The maximum Gasteiger partial charge on any atom is 0.225 e. The highest BCUT2D eigenvalue weighted by Gasteiger charge is 2.27. The molecule has 0 aliphatic carbocycles. The van der Waals surface area contributed by atoms with E-state index in [4.69, 9.17) is 0 Å². The van der Waals surface area contributed by atoms with Gasteiger partial charge >= 0.3 is 0 Å². The van der Waals surface area contributed by atoms with E-state index in [1.165, 1.54) is 5.56 Å². The Balaban J connectivity index is 0.00000341. The third kappa shape index (κ3) is 6.95. The van der Waals surface area contributed by atoms with E-state index in [0.717, 1.165) is 56.2 Å². The molecule has 1 amide bonds. The van der Waals surface area contributed by atoms with Gasteiger partial charge in [-0.15, -0.1) is 24.0 Å². The smallest absolute Gasteiger partial charge is 0.225 e. The van der Waals surface area contributed by atoms with Crippen molar-refractivity contribution in [3.8, 4) is 5.69 Å². The van der Waals surface area contributed by atoms with Gasteiger partial charge in [-0.1, -0.05) is 32.0 Å². The van der Waals surface area contributed by atoms with Crippen LogP contribution in [-0.2, 0) is 11.2 Å². The molecule has 1 aliphatic heterocycles. The van der Waals surface area contributed by atoms with Gasteiger partial charge in [0.25, 0.3) is 0 Å². The van der Waals surface area contributed by atoms with Gasteiger partial charge in [-0.05, 0) is 43.9 Å². The van der Waals surface area contributed by atoms with Crippen LogP contribution in [-0.4, -0.2) is 59.3 Å². The number of benzene rings is 1. The van der Waals surface area contributed by atoms with Crippen LogP contribution in [0.15, 0.2) is 41.5 Å². The zero-order valence-electron chi connectivity index (χ0n) is 19.0. The lowest BCUT2D eigenvalue weighted by atomic mass is 10.1. The molecule has 1 aromatic heterocycles. The predicted molar refractivity (Wildman–Crippen MR) is 136 cm³/mol. The van der Waals surface area contributed by atoms with Crippen molar-refractivity contribution in [1.82, 2.24) is 25.3 Å². The lowest BCUT2D eigenvalue weighted by Gasteiger charge is -2.20. The van der Waals surface area contributed by atoms with Gasteiger partial charge in [0.2, 0.25) is 5.91 Å². The number of halogens is 1. The van der Waals surface area contributed by atoms with Gasteiger partial charge < -0.3 is 15.5 Å². The summed E-state index contributed by atoms with van der Waals surface area (Å²) in [4.78, 5) is 18.4. The monoisotopic (exact) mass is 538 g/mol. The quantitative estimate of drug-likeness (QED) is 0.246.